The molecule has 0 radical (unpaired) electrons. The molecule has 4 atom stereocenters. The van der Waals surface area contributed by atoms with Crippen LogP contribution in [0.1, 0.15) is 161 Å². The summed E-state index contributed by atoms with van der Waals surface area (Å²) in [5.74, 6) is -6.70. The van der Waals surface area contributed by atoms with E-state index in [2.05, 4.69) is 61.3 Å². The fraction of sp³-hybridized carbons (Fsp3) is 0.371. The lowest BCUT2D eigenvalue weighted by molar-refractivity contribution is -0.135. The number of hydrogen-bond acceptors (Lipinski definition) is 26. The molecule has 3 saturated heterocycles. The first-order valence-electron chi connectivity index (χ1n) is 47.9. The van der Waals surface area contributed by atoms with Crippen LogP contribution in [0.3, 0.4) is 0 Å². The van der Waals surface area contributed by atoms with E-state index in [-0.39, 0.29) is 96.2 Å². The monoisotopic (exact) mass is 2040 g/mol. The van der Waals surface area contributed by atoms with Crippen LogP contribution in [0.4, 0.5) is 58.9 Å². The number of rotatable bonds is 27. The summed E-state index contributed by atoms with van der Waals surface area (Å²) < 4.78 is 152. The molecule has 766 valence electrons. The van der Waals surface area contributed by atoms with Crippen molar-refractivity contribution in [2.75, 3.05) is 84.0 Å². The molecule has 8 aromatic heterocycles. The van der Waals surface area contributed by atoms with Gasteiger partial charge in [0.2, 0.25) is 52.7 Å². The number of carbonyl (C=O) groups is 4. The van der Waals surface area contributed by atoms with Crippen LogP contribution in [0.15, 0.2) is 200 Å². The van der Waals surface area contributed by atoms with Crippen molar-refractivity contribution in [3.8, 4) is 79.5 Å². The van der Waals surface area contributed by atoms with Crippen molar-refractivity contribution in [2.45, 2.75) is 165 Å². The van der Waals surface area contributed by atoms with Crippen LogP contribution in [-0.4, -0.2) is 202 Å². The summed E-state index contributed by atoms with van der Waals surface area (Å²) >= 11 is 5.04. The van der Waals surface area contributed by atoms with Crippen molar-refractivity contribution in [1.29, 1.82) is 0 Å². The molecule has 5 N–H and O–H groups in total. The third-order valence-electron chi connectivity index (χ3n) is 26.5. The van der Waals surface area contributed by atoms with Gasteiger partial charge in [0.1, 0.15) is 34.5 Å². The molecule has 0 bridgehead atoms. The average Bonchev–Trinajstić information content (AvgIpc) is 1.57. The van der Waals surface area contributed by atoms with Gasteiger partial charge in [0.05, 0.1) is 103 Å². The van der Waals surface area contributed by atoms with Crippen molar-refractivity contribution in [2.24, 2.45) is 23.7 Å². The minimum Gasteiger partial charge on any atom is -0.497 e. The van der Waals surface area contributed by atoms with Crippen LogP contribution in [0.2, 0.25) is 0 Å². The molecule has 7 aromatic carbocycles. The molecule has 42 heteroatoms. The van der Waals surface area contributed by atoms with Gasteiger partial charge in [-0.25, -0.2) is 75.0 Å². The van der Waals surface area contributed by atoms with E-state index < -0.39 is 80.7 Å². The summed E-state index contributed by atoms with van der Waals surface area (Å²) in [6.07, 6.45) is 4.99. The molecule has 5 saturated carbocycles. The molecule has 0 unspecified atom stereocenters. The Hall–Kier alpha value is -15.5. The third-order valence-corrected chi connectivity index (χ3v) is 26.8. The van der Waals surface area contributed by atoms with Gasteiger partial charge >= 0.3 is 0 Å². The maximum Gasteiger partial charge on any atom is 0.267 e. The Kier molecular flexibility index (Phi) is 29.5. The maximum absolute atomic E-state index is 14.5. The molecule has 8 fully saturated rings. The number of ether oxygens (including phenoxy) is 6. The number of nitrogens with one attached hydrogen (secondary N) is 3. The molecule has 33 nitrogen and oxygen atoms in total. The van der Waals surface area contributed by atoms with Gasteiger partial charge in [-0.2, -0.15) is 18.1 Å². The summed E-state index contributed by atoms with van der Waals surface area (Å²) in [5.41, 5.74) is 16.7. The molecule has 15 aromatic rings. The lowest BCUT2D eigenvalue weighted by Gasteiger charge is -2.21. The highest BCUT2D eigenvalue weighted by Crippen LogP contribution is 2.50. The van der Waals surface area contributed by atoms with E-state index in [1.54, 1.807) is 77.5 Å². The van der Waals surface area contributed by atoms with Crippen molar-refractivity contribution < 1.29 is 82.7 Å². The van der Waals surface area contributed by atoms with Gasteiger partial charge in [-0.1, -0.05) is 129 Å². The zero-order valence-electron chi connectivity index (χ0n) is 80.4. The van der Waals surface area contributed by atoms with Gasteiger partial charge in [0, 0.05) is 163 Å². The third kappa shape index (κ3) is 23.4. The Morgan fingerprint density at radius 3 is 0.905 bits per heavy atom. The highest BCUT2D eigenvalue weighted by Gasteiger charge is 2.55. The highest BCUT2D eigenvalue weighted by molar-refractivity contribution is 6.64. The first-order valence-corrected chi connectivity index (χ1v) is 48.3. The van der Waals surface area contributed by atoms with Crippen molar-refractivity contribution in [3.05, 3.63) is 240 Å². The van der Waals surface area contributed by atoms with E-state index in [0.29, 0.717) is 130 Å². The molecule has 3 aliphatic heterocycles. The van der Waals surface area contributed by atoms with Gasteiger partial charge in [-0.3, -0.25) is 19.2 Å². The zero-order chi connectivity index (χ0) is 102. The average molecular weight is 2040 g/mol. The lowest BCUT2D eigenvalue weighted by Crippen LogP contribution is -2.34. The van der Waals surface area contributed by atoms with E-state index in [1.165, 1.54) is 28.2 Å². The van der Waals surface area contributed by atoms with E-state index >= 15 is 0 Å². The summed E-state index contributed by atoms with van der Waals surface area (Å²) in [7, 11) is 9.55. The van der Waals surface area contributed by atoms with Crippen LogP contribution in [0.5, 0.6) is 34.5 Å². The number of carbonyl (C=O) groups excluding carboxylic acids is 4. The van der Waals surface area contributed by atoms with Crippen molar-refractivity contribution >= 4 is 80.9 Å². The van der Waals surface area contributed by atoms with Crippen LogP contribution in [0.25, 0.3) is 67.6 Å². The fourth-order valence-corrected chi connectivity index (χ4v) is 18.4. The van der Waals surface area contributed by atoms with Gasteiger partial charge in [0.15, 0.2) is 45.9 Å². The topological polar surface area (TPSA) is 368 Å². The number of amides is 3. The van der Waals surface area contributed by atoms with Gasteiger partial charge in [-0.05, 0) is 106 Å². The number of nitrogens with zero attached hydrogens (tertiary/aromatic N) is 19. The van der Waals surface area contributed by atoms with E-state index in [1.807, 2.05) is 170 Å². The number of hydrogen-bond donors (Lipinski definition) is 4. The zero-order valence-corrected chi connectivity index (χ0v) is 81.1. The standard InChI is InChI=1S/2C28H28F2N6O3.C25H25F2N5O2.C19H18F2N6O.C4H5ClO.CH4/c2*1-38-20-11-10-19(23(12-20)39-2)15-31-27-32-21(17-6-4-3-5-7-17)13-24-33-25(34-36(24)27)22-14-28(29,30)16-35(22)26(37)18-8-9-18;1-33-19-9-8-18(21(12-19)34-2)15-28-24-29-20(16-6-4-3-5-7-16)13-22-30-23(31-32(22)24)17-10-11-25(26,27)14-17;20-19(21)9-14(26(10-19)17(28)12-6-7-12)16-24-15-8-13(11-4-2-1-3-5-11)23-18(22)27(15)25-16;5-4(6)3-1-2-3;/h2*3-7,10-13,18,22H,8-9,14-16H2,1-2H3,(H,31,32);3-9,12-13,17H,10-11,14-15H2,1-2H3,(H,28,29);1-5,8,12,14H,6-7,9-10H2,(H2,22,23);3H,1-2H2;1H4/t2*22-;17-;14-;;/m0000../s1. The normalized spacial score (nSPS) is 18.6. The quantitative estimate of drug-likeness (QED) is 0.0274. The maximum atomic E-state index is 14.5. The van der Waals surface area contributed by atoms with Gasteiger partial charge in [0.25, 0.3) is 17.8 Å². The van der Waals surface area contributed by atoms with Crippen LogP contribution in [-0.2, 0) is 38.8 Å². The largest absolute Gasteiger partial charge is 0.497 e. The number of benzene rings is 7. The Balaban J connectivity index is 0.000000126. The predicted molar refractivity (Wildman–Crippen MR) is 532 cm³/mol. The Morgan fingerprint density at radius 2 is 0.633 bits per heavy atom. The van der Waals surface area contributed by atoms with E-state index in [9.17, 15) is 54.3 Å². The number of fused-ring (bicyclic) bond motifs is 4. The van der Waals surface area contributed by atoms with Gasteiger partial charge in [-0.15, -0.1) is 20.4 Å². The predicted octanol–water partition coefficient (Wildman–Crippen LogP) is 19.3. The second-order valence-electron chi connectivity index (χ2n) is 37.2. The van der Waals surface area contributed by atoms with Crippen LogP contribution < -0.4 is 50.1 Å². The molecule has 23 rings (SSSR count). The number of likely N-dealkylation sites (tertiary alicyclic amines) is 3. The van der Waals surface area contributed by atoms with E-state index in [4.69, 9.17) is 60.7 Å². The number of nitrogens with two attached hydrogens (primary N) is 1. The lowest BCUT2D eigenvalue weighted by atomic mass is 10.1. The molecule has 3 amide bonds. The number of anilines is 4. The number of methoxy groups -OCH3 is 6. The molecule has 5 aliphatic carbocycles. The molecular formula is C105H108ClF8N23O10. The summed E-state index contributed by atoms with van der Waals surface area (Å²) in [6.45, 7) is -0.723. The molecule has 8 aliphatic rings. The summed E-state index contributed by atoms with van der Waals surface area (Å²) in [5, 5.41) is 27.8. The number of nitrogen functional groups attached to an aromatic ring is 1. The van der Waals surface area contributed by atoms with Gasteiger partial charge < -0.3 is 64.8 Å². The number of aromatic nitrogens is 16. The molecule has 11 heterocycles. The highest BCUT2D eigenvalue weighted by atomic mass is 35.5. The van der Waals surface area contributed by atoms with Crippen LogP contribution >= 0.6 is 11.6 Å². The fourth-order valence-electron chi connectivity index (χ4n) is 18.1. The van der Waals surface area contributed by atoms with Crippen LogP contribution in [0, 0.1) is 23.7 Å². The minimum absolute atomic E-state index is 0. The number of halogens is 9. The van der Waals surface area contributed by atoms with Crippen molar-refractivity contribution in [1.82, 2.24) is 93.0 Å². The Labute approximate surface area is 844 Å². The SMILES string of the molecule is C.COc1ccc(CNc2nc(-c3ccccc3)cc3nc([C@@H]4CC(F)(F)CN4C(=O)C4CC4)nn23)c(OC)c1.COc1ccc(CNc2nc(-c3ccccc3)cc3nc([C@@H]4CC(F)(F)CN4C(=O)C4CC4)nn23)c(OC)c1.COc1ccc(CNc2nc(-c3ccccc3)cc3nc([C@H]4CCC(F)(F)C4)nn23)c(OC)c1.Nc1nc(-c2ccccc2)cc2nc([C@@H]3CC(F)(F)CN3C(=O)C3CC3)nn12.O=C(Cl)C1CC1. The minimum atomic E-state index is -2.99. The van der Waals surface area contributed by atoms with E-state index in [0.717, 1.165) is 90.3 Å². The summed E-state index contributed by atoms with van der Waals surface area (Å²) in [4.78, 5) is 88.9. The summed E-state index contributed by atoms with van der Waals surface area (Å²) in [6, 6.07) is 59.4. The Morgan fingerprint density at radius 1 is 0.347 bits per heavy atom. The first-order chi connectivity index (χ1) is 70.4. The van der Waals surface area contributed by atoms with Crippen molar-refractivity contribution in [3.63, 3.8) is 0 Å². The molecule has 0 spiro atoms. The molecular weight excluding hydrogens is 1930 g/mol. The Bertz CT molecular complexity index is 7080. The smallest absolute Gasteiger partial charge is 0.267 e. The molecule has 147 heavy (non-hydrogen) atoms. The second-order valence-corrected chi connectivity index (χ2v) is 37.6. The second kappa shape index (κ2) is 42.7. The first kappa shape index (κ1) is 102. The number of alkyl halides is 8.